The molecule has 1 rings (SSSR count). The summed E-state index contributed by atoms with van der Waals surface area (Å²) < 4.78 is 1.41. The highest BCUT2D eigenvalue weighted by molar-refractivity contribution is 5.87. The van der Waals surface area contributed by atoms with Crippen molar-refractivity contribution in [3.8, 4) is 0 Å². The van der Waals surface area contributed by atoms with Gasteiger partial charge >= 0.3 is 12.0 Å². The molecular formula is C12H21N5O3. The summed E-state index contributed by atoms with van der Waals surface area (Å²) in [5, 5.41) is 18.0. The van der Waals surface area contributed by atoms with E-state index in [4.69, 9.17) is 5.11 Å². The Labute approximate surface area is 117 Å². The topological polar surface area (TPSA) is 109 Å². The molecular weight excluding hydrogens is 262 g/mol. The minimum atomic E-state index is -0.918. The fraction of sp³-hybridized carbons (Fsp3) is 0.667. The van der Waals surface area contributed by atoms with E-state index in [0.717, 1.165) is 0 Å². The number of carbonyl (C=O) groups excluding carboxylic acids is 1. The second kappa shape index (κ2) is 6.36. The van der Waals surface area contributed by atoms with Gasteiger partial charge < -0.3 is 10.4 Å². The van der Waals surface area contributed by atoms with Crippen LogP contribution < -0.4 is 10.6 Å². The molecule has 20 heavy (non-hydrogen) atoms. The SMILES string of the molecule is Cn1ncnc1NC(=O)NCC(CC(C)(C)C)C(=O)O. The predicted molar refractivity (Wildman–Crippen MR) is 73.2 cm³/mol. The van der Waals surface area contributed by atoms with Gasteiger partial charge in [0.25, 0.3) is 0 Å². The number of carboxylic acid groups (broad SMARTS) is 1. The molecule has 0 saturated heterocycles. The minimum Gasteiger partial charge on any atom is -0.481 e. The van der Waals surface area contributed by atoms with Crippen LogP contribution in [0.25, 0.3) is 0 Å². The molecule has 0 aliphatic rings. The van der Waals surface area contributed by atoms with Gasteiger partial charge in [-0.05, 0) is 11.8 Å². The fourth-order valence-corrected chi connectivity index (χ4v) is 1.76. The molecule has 0 radical (unpaired) electrons. The Morgan fingerprint density at radius 3 is 2.55 bits per heavy atom. The highest BCUT2D eigenvalue weighted by atomic mass is 16.4. The van der Waals surface area contributed by atoms with Crippen LogP contribution >= 0.6 is 0 Å². The van der Waals surface area contributed by atoms with Crippen molar-refractivity contribution in [2.24, 2.45) is 18.4 Å². The van der Waals surface area contributed by atoms with Crippen molar-refractivity contribution >= 4 is 17.9 Å². The van der Waals surface area contributed by atoms with Gasteiger partial charge in [-0.3, -0.25) is 10.1 Å². The third kappa shape index (κ3) is 5.25. The number of aryl methyl sites for hydroxylation is 1. The molecule has 0 fully saturated rings. The van der Waals surface area contributed by atoms with E-state index >= 15 is 0 Å². The molecule has 8 nitrogen and oxygen atoms in total. The first-order valence-electron chi connectivity index (χ1n) is 6.30. The van der Waals surface area contributed by atoms with Crippen molar-refractivity contribution in [3.05, 3.63) is 6.33 Å². The molecule has 1 aromatic rings. The lowest BCUT2D eigenvalue weighted by atomic mass is 9.84. The Kier molecular flexibility index (Phi) is 5.06. The monoisotopic (exact) mass is 283 g/mol. The van der Waals surface area contributed by atoms with Crippen LogP contribution in [-0.2, 0) is 11.8 Å². The summed E-state index contributed by atoms with van der Waals surface area (Å²) in [4.78, 5) is 26.7. The summed E-state index contributed by atoms with van der Waals surface area (Å²) in [6, 6.07) is -0.499. The number of anilines is 1. The van der Waals surface area contributed by atoms with Crippen LogP contribution in [0.15, 0.2) is 6.33 Å². The summed E-state index contributed by atoms with van der Waals surface area (Å²) in [5.74, 6) is -1.25. The van der Waals surface area contributed by atoms with E-state index in [-0.39, 0.29) is 12.0 Å². The number of hydrogen-bond acceptors (Lipinski definition) is 4. The van der Waals surface area contributed by atoms with Gasteiger partial charge in [0.2, 0.25) is 5.95 Å². The van der Waals surface area contributed by atoms with Crippen molar-refractivity contribution in [2.75, 3.05) is 11.9 Å². The predicted octanol–water partition coefficient (Wildman–Crippen LogP) is 1.07. The maximum Gasteiger partial charge on any atom is 0.321 e. The van der Waals surface area contributed by atoms with Crippen LogP contribution in [0.5, 0.6) is 0 Å². The largest absolute Gasteiger partial charge is 0.481 e. The van der Waals surface area contributed by atoms with Crippen LogP contribution in [-0.4, -0.2) is 38.4 Å². The molecule has 0 bridgehead atoms. The first-order valence-corrected chi connectivity index (χ1v) is 6.30. The molecule has 1 atom stereocenters. The van der Waals surface area contributed by atoms with Crippen LogP contribution in [0.1, 0.15) is 27.2 Å². The molecule has 0 saturated carbocycles. The van der Waals surface area contributed by atoms with Gasteiger partial charge in [-0.1, -0.05) is 20.8 Å². The van der Waals surface area contributed by atoms with E-state index in [1.807, 2.05) is 20.8 Å². The van der Waals surface area contributed by atoms with E-state index in [1.54, 1.807) is 7.05 Å². The normalized spacial score (nSPS) is 12.8. The molecule has 0 aliphatic carbocycles. The van der Waals surface area contributed by atoms with E-state index in [2.05, 4.69) is 20.7 Å². The number of aromatic nitrogens is 3. The lowest BCUT2D eigenvalue weighted by Crippen LogP contribution is -2.37. The molecule has 112 valence electrons. The van der Waals surface area contributed by atoms with E-state index in [9.17, 15) is 9.59 Å². The Hall–Kier alpha value is -2.12. The summed E-state index contributed by atoms with van der Waals surface area (Å²) in [7, 11) is 1.64. The van der Waals surface area contributed by atoms with Crippen molar-refractivity contribution in [1.29, 1.82) is 0 Å². The lowest BCUT2D eigenvalue weighted by molar-refractivity contribution is -0.142. The molecule has 3 N–H and O–H groups in total. The number of amides is 2. The second-order valence-corrected chi connectivity index (χ2v) is 5.84. The number of nitrogens with one attached hydrogen (secondary N) is 2. The second-order valence-electron chi connectivity index (χ2n) is 5.84. The van der Waals surface area contributed by atoms with Gasteiger partial charge in [0.1, 0.15) is 6.33 Å². The highest BCUT2D eigenvalue weighted by Crippen LogP contribution is 2.24. The average Bonchev–Trinajstić information content (AvgIpc) is 2.68. The number of urea groups is 1. The van der Waals surface area contributed by atoms with Crippen molar-refractivity contribution in [2.45, 2.75) is 27.2 Å². The van der Waals surface area contributed by atoms with Crippen LogP contribution in [0.3, 0.4) is 0 Å². The molecule has 2 amide bonds. The smallest absolute Gasteiger partial charge is 0.321 e. The lowest BCUT2D eigenvalue weighted by Gasteiger charge is -2.23. The third-order valence-corrected chi connectivity index (χ3v) is 2.65. The molecule has 0 aromatic carbocycles. The molecule has 1 aromatic heterocycles. The zero-order chi connectivity index (χ0) is 15.3. The molecule has 1 heterocycles. The average molecular weight is 283 g/mol. The van der Waals surface area contributed by atoms with Crippen molar-refractivity contribution in [3.63, 3.8) is 0 Å². The molecule has 0 spiro atoms. The summed E-state index contributed by atoms with van der Waals surface area (Å²) in [5.41, 5.74) is -0.120. The zero-order valence-corrected chi connectivity index (χ0v) is 12.2. The van der Waals surface area contributed by atoms with E-state index < -0.39 is 17.9 Å². The Morgan fingerprint density at radius 2 is 2.10 bits per heavy atom. The van der Waals surface area contributed by atoms with Crippen LogP contribution in [0.2, 0.25) is 0 Å². The summed E-state index contributed by atoms with van der Waals surface area (Å²) >= 11 is 0. The molecule has 8 heteroatoms. The number of nitrogens with zero attached hydrogens (tertiary/aromatic N) is 3. The maximum absolute atomic E-state index is 11.7. The molecule has 1 unspecified atom stereocenters. The highest BCUT2D eigenvalue weighted by Gasteiger charge is 2.25. The first kappa shape index (κ1) is 15.9. The van der Waals surface area contributed by atoms with Crippen LogP contribution in [0.4, 0.5) is 10.7 Å². The Morgan fingerprint density at radius 1 is 1.45 bits per heavy atom. The molecule has 0 aliphatic heterocycles. The van der Waals surface area contributed by atoms with E-state index in [1.165, 1.54) is 11.0 Å². The van der Waals surface area contributed by atoms with Gasteiger partial charge in [0.15, 0.2) is 0 Å². The third-order valence-electron chi connectivity index (χ3n) is 2.65. The standard InChI is InChI=1S/C12H21N5O3/c1-12(2,3)5-8(9(18)19)6-13-11(20)16-10-14-7-15-17(10)4/h7-8H,5-6H2,1-4H3,(H,18,19)(H2,13,14,15,16,20). The van der Waals surface area contributed by atoms with Gasteiger partial charge in [0.05, 0.1) is 5.92 Å². The van der Waals surface area contributed by atoms with Crippen molar-refractivity contribution < 1.29 is 14.7 Å². The fourth-order valence-electron chi connectivity index (χ4n) is 1.76. The van der Waals surface area contributed by atoms with Gasteiger partial charge in [-0.15, -0.1) is 0 Å². The van der Waals surface area contributed by atoms with Gasteiger partial charge in [-0.2, -0.15) is 10.1 Å². The van der Waals surface area contributed by atoms with Gasteiger partial charge in [0, 0.05) is 13.6 Å². The maximum atomic E-state index is 11.7. The first-order chi connectivity index (χ1) is 9.19. The minimum absolute atomic E-state index is 0.0658. The zero-order valence-electron chi connectivity index (χ0n) is 12.2. The Balaban J connectivity index is 2.49. The van der Waals surface area contributed by atoms with E-state index in [0.29, 0.717) is 12.4 Å². The van der Waals surface area contributed by atoms with Crippen molar-refractivity contribution in [1.82, 2.24) is 20.1 Å². The number of aliphatic carboxylic acids is 1. The quantitative estimate of drug-likeness (QED) is 0.749. The number of rotatable bonds is 5. The van der Waals surface area contributed by atoms with Crippen LogP contribution in [0, 0.1) is 11.3 Å². The Bertz CT molecular complexity index is 478. The number of carboxylic acids is 1. The van der Waals surface area contributed by atoms with Gasteiger partial charge in [-0.25, -0.2) is 9.48 Å². The summed E-state index contributed by atoms with van der Waals surface area (Å²) in [6.45, 7) is 5.95. The summed E-state index contributed by atoms with van der Waals surface area (Å²) in [6.07, 6.45) is 1.79. The number of carbonyl (C=O) groups is 2. The number of hydrogen-bond donors (Lipinski definition) is 3.